The summed E-state index contributed by atoms with van der Waals surface area (Å²) < 4.78 is 0. The second kappa shape index (κ2) is 6.63. The SMILES string of the molecule is CCCCNCC=O. The third-order valence-corrected chi connectivity index (χ3v) is 0.935. The van der Waals surface area contributed by atoms with Gasteiger partial charge in [0, 0.05) is 0 Å². The van der Waals surface area contributed by atoms with E-state index in [2.05, 4.69) is 12.2 Å². The van der Waals surface area contributed by atoms with Crippen molar-refractivity contribution in [1.29, 1.82) is 0 Å². The van der Waals surface area contributed by atoms with E-state index in [1.54, 1.807) is 0 Å². The molecule has 0 aromatic rings. The molecule has 0 aromatic heterocycles. The normalized spacial score (nSPS) is 9.12. The van der Waals surface area contributed by atoms with Crippen LogP contribution in [0.15, 0.2) is 0 Å². The minimum Gasteiger partial charge on any atom is -0.310 e. The molecule has 0 saturated carbocycles. The van der Waals surface area contributed by atoms with Crippen molar-refractivity contribution >= 4 is 6.29 Å². The summed E-state index contributed by atoms with van der Waals surface area (Å²) in [5, 5.41) is 2.97. The number of hydrogen-bond acceptors (Lipinski definition) is 2. The first-order valence-corrected chi connectivity index (χ1v) is 3.06. The Bertz CT molecular complexity index is 54.5. The maximum absolute atomic E-state index is 9.71. The van der Waals surface area contributed by atoms with Gasteiger partial charge in [-0.25, -0.2) is 0 Å². The third kappa shape index (κ3) is 5.63. The van der Waals surface area contributed by atoms with Crippen molar-refractivity contribution in [3.8, 4) is 0 Å². The predicted molar refractivity (Wildman–Crippen MR) is 33.8 cm³/mol. The van der Waals surface area contributed by atoms with Crippen molar-refractivity contribution < 1.29 is 4.79 Å². The first-order chi connectivity index (χ1) is 3.91. The minimum atomic E-state index is 0.500. The fourth-order valence-electron chi connectivity index (χ4n) is 0.463. The highest BCUT2D eigenvalue weighted by Crippen LogP contribution is 1.80. The second-order valence-electron chi connectivity index (χ2n) is 1.72. The average molecular weight is 115 g/mol. The van der Waals surface area contributed by atoms with E-state index in [-0.39, 0.29) is 0 Å². The van der Waals surface area contributed by atoms with Gasteiger partial charge in [-0.15, -0.1) is 0 Å². The summed E-state index contributed by atoms with van der Waals surface area (Å²) in [6, 6.07) is 0. The summed E-state index contributed by atoms with van der Waals surface area (Å²) in [4.78, 5) is 9.71. The van der Waals surface area contributed by atoms with E-state index in [0.717, 1.165) is 19.3 Å². The Morgan fingerprint density at radius 3 is 2.88 bits per heavy atom. The van der Waals surface area contributed by atoms with Crippen LogP contribution in [-0.4, -0.2) is 19.4 Å². The summed E-state index contributed by atoms with van der Waals surface area (Å²) in [5.41, 5.74) is 0. The number of nitrogens with one attached hydrogen (secondary N) is 1. The standard InChI is InChI=1S/C6H13NO/c1-2-3-4-7-5-6-8/h6-7H,2-5H2,1H3. The molecule has 0 heterocycles. The molecule has 0 aliphatic rings. The van der Waals surface area contributed by atoms with Crippen molar-refractivity contribution in [3.05, 3.63) is 0 Å². The monoisotopic (exact) mass is 115 g/mol. The van der Waals surface area contributed by atoms with Crippen LogP contribution >= 0.6 is 0 Å². The van der Waals surface area contributed by atoms with Gasteiger partial charge in [0.1, 0.15) is 6.29 Å². The van der Waals surface area contributed by atoms with Crippen LogP contribution in [0, 0.1) is 0 Å². The third-order valence-electron chi connectivity index (χ3n) is 0.935. The van der Waals surface area contributed by atoms with Gasteiger partial charge in [0.05, 0.1) is 6.54 Å². The Labute approximate surface area is 50.3 Å². The lowest BCUT2D eigenvalue weighted by molar-refractivity contribution is -0.107. The molecule has 0 aromatic carbocycles. The molecule has 0 aliphatic carbocycles. The molecule has 2 heteroatoms. The van der Waals surface area contributed by atoms with Gasteiger partial charge < -0.3 is 10.1 Å². The fraction of sp³-hybridized carbons (Fsp3) is 0.833. The van der Waals surface area contributed by atoms with Crippen molar-refractivity contribution in [2.24, 2.45) is 0 Å². The smallest absolute Gasteiger partial charge is 0.133 e. The summed E-state index contributed by atoms with van der Waals surface area (Å²) in [6.45, 7) is 3.60. The van der Waals surface area contributed by atoms with E-state index >= 15 is 0 Å². The molecule has 0 unspecified atom stereocenters. The number of unbranched alkanes of at least 4 members (excludes halogenated alkanes) is 1. The molecule has 0 amide bonds. The summed E-state index contributed by atoms with van der Waals surface area (Å²) in [6.07, 6.45) is 3.23. The van der Waals surface area contributed by atoms with E-state index in [1.165, 1.54) is 6.42 Å². The number of hydrogen-bond donors (Lipinski definition) is 1. The van der Waals surface area contributed by atoms with Gasteiger partial charge in [-0.2, -0.15) is 0 Å². The zero-order valence-corrected chi connectivity index (χ0v) is 5.31. The van der Waals surface area contributed by atoms with Gasteiger partial charge >= 0.3 is 0 Å². The van der Waals surface area contributed by atoms with Crippen LogP contribution in [0.5, 0.6) is 0 Å². The highest BCUT2D eigenvalue weighted by atomic mass is 16.1. The zero-order chi connectivity index (χ0) is 6.24. The molecule has 0 atom stereocenters. The lowest BCUT2D eigenvalue weighted by atomic mass is 10.3. The summed E-state index contributed by atoms with van der Waals surface area (Å²) >= 11 is 0. The second-order valence-corrected chi connectivity index (χ2v) is 1.72. The van der Waals surface area contributed by atoms with Crippen LogP contribution in [0.2, 0.25) is 0 Å². The number of carbonyl (C=O) groups is 1. The van der Waals surface area contributed by atoms with E-state index < -0.39 is 0 Å². The van der Waals surface area contributed by atoms with Gasteiger partial charge in [-0.05, 0) is 13.0 Å². The average Bonchev–Trinajstić information content (AvgIpc) is 1.81. The molecule has 48 valence electrons. The van der Waals surface area contributed by atoms with Crippen LogP contribution < -0.4 is 5.32 Å². The van der Waals surface area contributed by atoms with Crippen molar-refractivity contribution in [2.75, 3.05) is 13.1 Å². The topological polar surface area (TPSA) is 29.1 Å². The van der Waals surface area contributed by atoms with E-state index in [0.29, 0.717) is 6.54 Å². The minimum absolute atomic E-state index is 0.500. The first-order valence-electron chi connectivity index (χ1n) is 3.06. The molecule has 0 rings (SSSR count). The largest absolute Gasteiger partial charge is 0.310 e. The Hall–Kier alpha value is -0.370. The van der Waals surface area contributed by atoms with Crippen molar-refractivity contribution in [3.63, 3.8) is 0 Å². The first kappa shape index (κ1) is 7.63. The predicted octanol–water partition coefficient (Wildman–Crippen LogP) is 0.575. The van der Waals surface area contributed by atoms with E-state index in [4.69, 9.17) is 0 Å². The van der Waals surface area contributed by atoms with Gasteiger partial charge in [0.15, 0.2) is 0 Å². The van der Waals surface area contributed by atoms with E-state index in [1.807, 2.05) is 0 Å². The maximum atomic E-state index is 9.71. The number of carbonyl (C=O) groups excluding carboxylic acids is 1. The number of rotatable bonds is 5. The molecule has 1 N–H and O–H groups in total. The highest BCUT2D eigenvalue weighted by molar-refractivity contribution is 5.51. The zero-order valence-electron chi connectivity index (χ0n) is 5.31. The Morgan fingerprint density at radius 2 is 2.38 bits per heavy atom. The van der Waals surface area contributed by atoms with Crippen LogP contribution in [0.3, 0.4) is 0 Å². The van der Waals surface area contributed by atoms with Crippen LogP contribution in [0.1, 0.15) is 19.8 Å². The van der Waals surface area contributed by atoms with Crippen molar-refractivity contribution in [1.82, 2.24) is 5.32 Å². The molecule has 2 nitrogen and oxygen atoms in total. The molecule has 0 saturated heterocycles. The van der Waals surface area contributed by atoms with Gasteiger partial charge in [-0.1, -0.05) is 13.3 Å². The molecule has 0 bridgehead atoms. The lowest BCUT2D eigenvalue weighted by Gasteiger charge is -1.94. The Kier molecular flexibility index (Phi) is 6.32. The summed E-state index contributed by atoms with van der Waals surface area (Å²) in [5.74, 6) is 0. The summed E-state index contributed by atoms with van der Waals surface area (Å²) in [7, 11) is 0. The van der Waals surface area contributed by atoms with E-state index in [9.17, 15) is 4.79 Å². The molecule has 0 aliphatic heterocycles. The van der Waals surface area contributed by atoms with Crippen LogP contribution in [0.25, 0.3) is 0 Å². The highest BCUT2D eigenvalue weighted by Gasteiger charge is 1.80. The molecular formula is C6H13NO. The van der Waals surface area contributed by atoms with Gasteiger partial charge in [0.2, 0.25) is 0 Å². The van der Waals surface area contributed by atoms with Gasteiger partial charge in [-0.3, -0.25) is 0 Å². The number of aldehydes is 1. The Morgan fingerprint density at radius 1 is 1.62 bits per heavy atom. The Balaban J connectivity index is 2.62. The van der Waals surface area contributed by atoms with Gasteiger partial charge in [0.25, 0.3) is 0 Å². The van der Waals surface area contributed by atoms with Crippen LogP contribution in [0.4, 0.5) is 0 Å². The fourth-order valence-corrected chi connectivity index (χ4v) is 0.463. The quantitative estimate of drug-likeness (QED) is 0.419. The molecule has 0 spiro atoms. The lowest BCUT2D eigenvalue weighted by Crippen LogP contribution is -2.16. The van der Waals surface area contributed by atoms with Crippen molar-refractivity contribution in [2.45, 2.75) is 19.8 Å². The molecule has 0 fully saturated rings. The molecule has 0 radical (unpaired) electrons. The maximum Gasteiger partial charge on any atom is 0.133 e. The molecule has 8 heavy (non-hydrogen) atoms. The molecular weight excluding hydrogens is 102 g/mol. The van der Waals surface area contributed by atoms with Crippen LogP contribution in [-0.2, 0) is 4.79 Å².